The van der Waals surface area contributed by atoms with Crippen molar-refractivity contribution in [1.82, 2.24) is 10.1 Å². The zero-order valence-corrected chi connectivity index (χ0v) is 14.6. The van der Waals surface area contributed by atoms with Crippen molar-refractivity contribution in [3.05, 3.63) is 59.4 Å². The number of aromatic nitrogens is 2. The first-order valence-electron chi connectivity index (χ1n) is 7.65. The molecule has 0 unspecified atom stereocenters. The van der Waals surface area contributed by atoms with Gasteiger partial charge in [-0.1, -0.05) is 28.9 Å². The summed E-state index contributed by atoms with van der Waals surface area (Å²) in [6, 6.07) is 13.9. The molecule has 0 spiro atoms. The van der Waals surface area contributed by atoms with Crippen LogP contribution in [0.15, 0.2) is 53.1 Å². The molecule has 0 radical (unpaired) electrons. The Hall–Kier alpha value is -3.06. The van der Waals surface area contributed by atoms with Crippen LogP contribution >= 0.6 is 11.6 Å². The van der Waals surface area contributed by atoms with Gasteiger partial charge in [0.25, 0.3) is 5.89 Å². The van der Waals surface area contributed by atoms with Crippen LogP contribution in [-0.2, 0) is 16.1 Å². The van der Waals surface area contributed by atoms with Gasteiger partial charge in [-0.25, -0.2) is 4.79 Å². The van der Waals surface area contributed by atoms with Crippen LogP contribution in [0, 0.1) is 0 Å². The molecule has 134 valence electrons. The van der Waals surface area contributed by atoms with Crippen LogP contribution in [0.4, 0.5) is 0 Å². The van der Waals surface area contributed by atoms with Crippen molar-refractivity contribution in [2.45, 2.75) is 6.61 Å². The normalized spacial score (nSPS) is 10.4. The molecule has 0 bridgehead atoms. The van der Waals surface area contributed by atoms with Crippen molar-refractivity contribution >= 4 is 17.6 Å². The van der Waals surface area contributed by atoms with Crippen LogP contribution < -0.4 is 9.47 Å². The van der Waals surface area contributed by atoms with Gasteiger partial charge in [0.15, 0.2) is 13.2 Å². The Bertz CT molecular complexity index is 879. The van der Waals surface area contributed by atoms with Gasteiger partial charge in [-0.2, -0.15) is 4.98 Å². The van der Waals surface area contributed by atoms with Crippen LogP contribution in [0.2, 0.25) is 5.02 Å². The molecule has 1 heterocycles. The van der Waals surface area contributed by atoms with E-state index in [0.29, 0.717) is 27.9 Å². The molecule has 26 heavy (non-hydrogen) atoms. The monoisotopic (exact) mass is 374 g/mol. The maximum absolute atomic E-state index is 11.8. The number of para-hydroxylation sites is 1. The number of hydrogen-bond acceptors (Lipinski definition) is 7. The number of esters is 1. The third-order valence-corrected chi connectivity index (χ3v) is 3.59. The Morgan fingerprint density at radius 3 is 2.69 bits per heavy atom. The maximum atomic E-state index is 11.8. The molecule has 0 aliphatic carbocycles. The number of carbonyl (C=O) groups is 1. The third-order valence-electron chi connectivity index (χ3n) is 3.34. The molecule has 0 fully saturated rings. The molecule has 0 amide bonds. The van der Waals surface area contributed by atoms with Crippen molar-refractivity contribution in [2.75, 3.05) is 13.7 Å². The first-order valence-corrected chi connectivity index (χ1v) is 8.03. The van der Waals surface area contributed by atoms with Gasteiger partial charge in [-0.3, -0.25) is 0 Å². The van der Waals surface area contributed by atoms with E-state index in [2.05, 4.69) is 10.1 Å². The van der Waals surface area contributed by atoms with E-state index in [9.17, 15) is 4.79 Å². The highest BCUT2D eigenvalue weighted by molar-refractivity contribution is 6.30. The highest BCUT2D eigenvalue weighted by Gasteiger charge is 2.14. The molecule has 3 rings (SSSR count). The summed E-state index contributed by atoms with van der Waals surface area (Å²) in [6.07, 6.45) is 0. The predicted molar refractivity (Wildman–Crippen MR) is 93.0 cm³/mol. The lowest BCUT2D eigenvalue weighted by Crippen LogP contribution is -2.14. The Balaban J connectivity index is 1.53. The molecule has 8 heteroatoms. The van der Waals surface area contributed by atoms with Crippen LogP contribution in [-0.4, -0.2) is 29.8 Å². The van der Waals surface area contributed by atoms with Crippen molar-refractivity contribution in [2.24, 2.45) is 0 Å². The highest BCUT2D eigenvalue weighted by Crippen LogP contribution is 2.27. The number of rotatable bonds is 7. The summed E-state index contributed by atoms with van der Waals surface area (Å²) in [6.45, 7) is -0.389. The van der Waals surface area contributed by atoms with E-state index in [1.165, 1.54) is 0 Å². The zero-order valence-electron chi connectivity index (χ0n) is 13.8. The summed E-state index contributed by atoms with van der Waals surface area (Å²) >= 11 is 5.78. The maximum Gasteiger partial charge on any atom is 0.344 e. The Labute approximate surface area is 154 Å². The minimum Gasteiger partial charge on any atom is -0.496 e. The minimum absolute atomic E-state index is 0.148. The Kier molecular flexibility index (Phi) is 5.70. The zero-order chi connectivity index (χ0) is 18.4. The second kappa shape index (κ2) is 8.35. The summed E-state index contributed by atoms with van der Waals surface area (Å²) in [4.78, 5) is 15.9. The summed E-state index contributed by atoms with van der Waals surface area (Å²) in [7, 11) is 1.56. The number of methoxy groups -OCH3 is 1. The van der Waals surface area contributed by atoms with Crippen molar-refractivity contribution in [1.29, 1.82) is 0 Å². The molecular weight excluding hydrogens is 360 g/mol. The first kappa shape index (κ1) is 17.8. The van der Waals surface area contributed by atoms with Gasteiger partial charge in [0, 0.05) is 5.02 Å². The molecular formula is C18H15ClN2O5. The molecule has 0 atom stereocenters. The Morgan fingerprint density at radius 1 is 1.15 bits per heavy atom. The number of halogens is 1. The molecule has 0 N–H and O–H groups in total. The SMILES string of the molecule is COc1ccccc1-c1noc(COC(=O)COc2ccc(Cl)cc2)n1. The fourth-order valence-corrected chi connectivity index (χ4v) is 2.24. The van der Waals surface area contributed by atoms with E-state index in [4.69, 9.17) is 30.3 Å². The van der Waals surface area contributed by atoms with Crippen LogP contribution in [0.3, 0.4) is 0 Å². The largest absolute Gasteiger partial charge is 0.496 e. The average Bonchev–Trinajstić information content (AvgIpc) is 3.14. The van der Waals surface area contributed by atoms with E-state index in [0.717, 1.165) is 0 Å². The molecule has 1 aromatic heterocycles. The van der Waals surface area contributed by atoms with E-state index in [-0.39, 0.29) is 19.1 Å². The average molecular weight is 375 g/mol. The lowest BCUT2D eigenvalue weighted by atomic mass is 10.2. The summed E-state index contributed by atoms with van der Waals surface area (Å²) < 4.78 is 20.7. The fraction of sp³-hybridized carbons (Fsp3) is 0.167. The number of hydrogen-bond donors (Lipinski definition) is 0. The smallest absolute Gasteiger partial charge is 0.344 e. The van der Waals surface area contributed by atoms with Gasteiger partial charge in [0.1, 0.15) is 11.5 Å². The summed E-state index contributed by atoms with van der Waals surface area (Å²) in [5.41, 5.74) is 0.683. The van der Waals surface area contributed by atoms with E-state index >= 15 is 0 Å². The fourth-order valence-electron chi connectivity index (χ4n) is 2.11. The standard InChI is InChI=1S/C18H15ClN2O5/c1-23-15-5-3-2-4-14(15)18-20-16(26-21-18)10-25-17(22)11-24-13-8-6-12(19)7-9-13/h2-9H,10-11H2,1H3. The first-order chi connectivity index (χ1) is 12.7. The lowest BCUT2D eigenvalue weighted by molar-refractivity contribution is -0.148. The minimum atomic E-state index is -0.558. The van der Waals surface area contributed by atoms with Gasteiger partial charge in [0.05, 0.1) is 12.7 Å². The van der Waals surface area contributed by atoms with Gasteiger partial charge in [-0.05, 0) is 36.4 Å². The highest BCUT2D eigenvalue weighted by atomic mass is 35.5. The molecule has 3 aromatic rings. The van der Waals surface area contributed by atoms with Crippen molar-refractivity contribution < 1.29 is 23.5 Å². The molecule has 0 aliphatic rings. The molecule has 0 aliphatic heterocycles. The van der Waals surface area contributed by atoms with E-state index in [1.54, 1.807) is 43.5 Å². The number of benzene rings is 2. The Morgan fingerprint density at radius 2 is 1.92 bits per heavy atom. The van der Waals surface area contributed by atoms with Crippen LogP contribution in [0.25, 0.3) is 11.4 Å². The summed E-state index contributed by atoms with van der Waals surface area (Å²) in [5, 5.41) is 4.46. The van der Waals surface area contributed by atoms with E-state index in [1.807, 2.05) is 12.1 Å². The van der Waals surface area contributed by atoms with Gasteiger partial charge in [0.2, 0.25) is 5.82 Å². The van der Waals surface area contributed by atoms with Gasteiger partial charge in [-0.15, -0.1) is 0 Å². The van der Waals surface area contributed by atoms with Crippen LogP contribution in [0.1, 0.15) is 5.89 Å². The lowest BCUT2D eigenvalue weighted by Gasteiger charge is -2.05. The van der Waals surface area contributed by atoms with E-state index < -0.39 is 5.97 Å². The molecule has 0 saturated carbocycles. The van der Waals surface area contributed by atoms with Gasteiger partial charge < -0.3 is 18.7 Å². The quantitative estimate of drug-likeness (QED) is 0.585. The molecule has 7 nitrogen and oxygen atoms in total. The number of carbonyl (C=O) groups excluding carboxylic acids is 1. The van der Waals surface area contributed by atoms with Gasteiger partial charge >= 0.3 is 5.97 Å². The molecule has 2 aromatic carbocycles. The predicted octanol–water partition coefficient (Wildman–Crippen LogP) is 3.52. The third kappa shape index (κ3) is 4.52. The second-order valence-corrected chi connectivity index (χ2v) is 5.55. The van der Waals surface area contributed by atoms with Crippen LogP contribution in [0.5, 0.6) is 11.5 Å². The topological polar surface area (TPSA) is 83.7 Å². The molecule has 0 saturated heterocycles. The number of nitrogens with zero attached hydrogens (tertiary/aromatic N) is 2. The summed E-state index contributed by atoms with van der Waals surface area (Å²) in [5.74, 6) is 1.10. The van der Waals surface area contributed by atoms with Crippen molar-refractivity contribution in [3.63, 3.8) is 0 Å². The number of ether oxygens (including phenoxy) is 3. The van der Waals surface area contributed by atoms with Crippen molar-refractivity contribution in [3.8, 4) is 22.9 Å². The second-order valence-electron chi connectivity index (χ2n) is 5.12.